The summed E-state index contributed by atoms with van der Waals surface area (Å²) in [5.74, 6) is 1.03. The van der Waals surface area contributed by atoms with Crippen LogP contribution in [0.1, 0.15) is 5.82 Å². The third-order valence-electron chi connectivity index (χ3n) is 5.09. The van der Waals surface area contributed by atoms with E-state index in [-0.39, 0.29) is 16.7 Å². The molecule has 0 spiro atoms. The van der Waals surface area contributed by atoms with Crippen molar-refractivity contribution in [2.24, 2.45) is 0 Å². The third-order valence-corrected chi connectivity index (χ3v) is 6.38. The van der Waals surface area contributed by atoms with Gasteiger partial charge in [0.05, 0.1) is 5.69 Å². The summed E-state index contributed by atoms with van der Waals surface area (Å²) in [5, 5.41) is -0.180. The van der Waals surface area contributed by atoms with E-state index in [1.807, 2.05) is 54.6 Å². The summed E-state index contributed by atoms with van der Waals surface area (Å²) in [6, 6.07) is 27.0. The third kappa shape index (κ3) is 4.44. The molecule has 0 atom stereocenters. The van der Waals surface area contributed by atoms with Gasteiger partial charge in [0.2, 0.25) is 10.9 Å². The first kappa shape index (κ1) is 21.5. The molecule has 0 aliphatic heterocycles. The lowest BCUT2D eigenvalue weighted by Crippen LogP contribution is -2.14. The Morgan fingerprint density at radius 2 is 1.44 bits per heavy atom. The lowest BCUT2D eigenvalue weighted by Gasteiger charge is -2.09. The number of aryl methyl sites for hydroxylation is 1. The van der Waals surface area contributed by atoms with Gasteiger partial charge in [-0.2, -0.15) is 13.4 Å². The van der Waals surface area contributed by atoms with Gasteiger partial charge in [0, 0.05) is 28.6 Å². The lowest BCUT2D eigenvalue weighted by atomic mass is 10.1. The molecule has 2 aromatic heterocycles. The molecule has 5 aromatic rings. The van der Waals surface area contributed by atoms with Crippen LogP contribution in [0.5, 0.6) is 0 Å². The highest BCUT2D eigenvalue weighted by Crippen LogP contribution is 2.33. The van der Waals surface area contributed by atoms with Gasteiger partial charge >= 0.3 is 0 Å². The zero-order valence-electron chi connectivity index (χ0n) is 18.2. The van der Waals surface area contributed by atoms with Crippen molar-refractivity contribution in [2.75, 3.05) is 4.72 Å². The number of rotatable bonds is 6. The lowest BCUT2D eigenvalue weighted by molar-refractivity contribution is 0.581. The molecule has 3 aromatic carbocycles. The van der Waals surface area contributed by atoms with Crippen LogP contribution < -0.4 is 4.72 Å². The molecule has 0 aliphatic rings. The van der Waals surface area contributed by atoms with E-state index in [0.29, 0.717) is 28.3 Å². The first-order valence-electron chi connectivity index (χ1n) is 10.5. The van der Waals surface area contributed by atoms with Gasteiger partial charge in [0.1, 0.15) is 5.82 Å². The van der Waals surface area contributed by atoms with Crippen molar-refractivity contribution in [3.05, 3.63) is 103 Å². The van der Waals surface area contributed by atoms with E-state index >= 15 is 0 Å². The molecule has 0 saturated carbocycles. The molecule has 0 saturated heterocycles. The molecule has 5 rings (SSSR count). The van der Waals surface area contributed by atoms with Crippen molar-refractivity contribution in [3.63, 3.8) is 0 Å². The van der Waals surface area contributed by atoms with E-state index < -0.39 is 10.0 Å². The summed E-state index contributed by atoms with van der Waals surface area (Å²) in [6.45, 7) is 1.80. The molecule has 0 bridgehead atoms. The average molecular weight is 469 g/mol. The maximum absolute atomic E-state index is 13.5. The van der Waals surface area contributed by atoms with Crippen LogP contribution in [0, 0.1) is 6.92 Å². The molecule has 168 valence electrons. The average Bonchev–Trinajstić information content (AvgIpc) is 3.32. The molecule has 0 aliphatic carbocycles. The fourth-order valence-corrected chi connectivity index (χ4v) is 4.67. The second kappa shape index (κ2) is 8.92. The fraction of sp³-hybridized carbons (Fsp3) is 0.0385. The smallest absolute Gasteiger partial charge is 0.283 e. The molecular formula is C26H20N4O3S. The SMILES string of the molecule is Cc1nccc(-c2cccc(NS(=O)(=O)c3nc(-c4ccccc4)oc3-c3ccccc3)c2)n1. The van der Waals surface area contributed by atoms with Gasteiger partial charge in [-0.15, -0.1) is 0 Å². The van der Waals surface area contributed by atoms with E-state index in [2.05, 4.69) is 19.7 Å². The zero-order chi connectivity index (χ0) is 23.5. The number of benzene rings is 3. The molecule has 8 heteroatoms. The minimum absolute atomic E-state index is 0.175. The summed E-state index contributed by atoms with van der Waals surface area (Å²) < 4.78 is 35.6. The second-order valence-electron chi connectivity index (χ2n) is 7.56. The topological polar surface area (TPSA) is 98.0 Å². The fourth-order valence-electron chi connectivity index (χ4n) is 3.53. The van der Waals surface area contributed by atoms with Crippen LogP contribution in [0.15, 0.2) is 107 Å². The Balaban J connectivity index is 1.56. The predicted molar refractivity (Wildman–Crippen MR) is 130 cm³/mol. The van der Waals surface area contributed by atoms with Gasteiger partial charge in [-0.25, -0.2) is 9.97 Å². The van der Waals surface area contributed by atoms with E-state index in [1.165, 1.54) is 0 Å². The summed E-state index contributed by atoms with van der Waals surface area (Å²) in [4.78, 5) is 12.9. The Morgan fingerprint density at radius 1 is 0.765 bits per heavy atom. The second-order valence-corrected chi connectivity index (χ2v) is 9.16. The number of oxazole rings is 1. The van der Waals surface area contributed by atoms with E-state index in [9.17, 15) is 8.42 Å². The Labute approximate surface area is 197 Å². The van der Waals surface area contributed by atoms with E-state index in [1.54, 1.807) is 49.5 Å². The normalized spacial score (nSPS) is 11.3. The highest BCUT2D eigenvalue weighted by Gasteiger charge is 2.27. The van der Waals surface area contributed by atoms with Gasteiger partial charge in [-0.1, -0.05) is 60.7 Å². The maximum Gasteiger partial charge on any atom is 0.283 e. The number of sulfonamides is 1. The predicted octanol–water partition coefficient (Wildman–Crippen LogP) is 5.57. The Hall–Kier alpha value is -4.30. The van der Waals surface area contributed by atoms with E-state index in [0.717, 1.165) is 5.56 Å². The highest BCUT2D eigenvalue weighted by atomic mass is 32.2. The van der Waals surface area contributed by atoms with Crippen LogP contribution in [-0.2, 0) is 10.0 Å². The van der Waals surface area contributed by atoms with Gasteiger partial charge in [0.15, 0.2) is 5.76 Å². The number of aromatic nitrogens is 3. The number of hydrogen-bond acceptors (Lipinski definition) is 6. The number of anilines is 1. The Bertz CT molecular complexity index is 1550. The summed E-state index contributed by atoms with van der Waals surface area (Å²) in [5.41, 5.74) is 3.15. The van der Waals surface area contributed by atoms with Gasteiger partial charge in [-0.3, -0.25) is 4.72 Å². The van der Waals surface area contributed by atoms with E-state index in [4.69, 9.17) is 4.42 Å². The Kier molecular flexibility index (Phi) is 5.65. The molecule has 7 nitrogen and oxygen atoms in total. The zero-order valence-corrected chi connectivity index (χ0v) is 19.0. The minimum Gasteiger partial charge on any atom is -0.435 e. The van der Waals surface area contributed by atoms with Crippen LogP contribution in [0.4, 0.5) is 5.69 Å². The van der Waals surface area contributed by atoms with Gasteiger partial charge < -0.3 is 4.42 Å². The Morgan fingerprint density at radius 3 is 2.15 bits per heavy atom. The summed E-state index contributed by atoms with van der Waals surface area (Å²) in [6.07, 6.45) is 1.67. The monoisotopic (exact) mass is 468 g/mol. The number of hydrogen-bond donors (Lipinski definition) is 1. The van der Waals surface area contributed by atoms with Crippen LogP contribution >= 0.6 is 0 Å². The minimum atomic E-state index is -4.07. The van der Waals surface area contributed by atoms with Crippen molar-refractivity contribution < 1.29 is 12.8 Å². The number of nitrogens with zero attached hydrogens (tertiary/aromatic N) is 3. The quantitative estimate of drug-likeness (QED) is 0.350. The van der Waals surface area contributed by atoms with Crippen LogP contribution in [0.2, 0.25) is 0 Å². The largest absolute Gasteiger partial charge is 0.435 e. The molecule has 34 heavy (non-hydrogen) atoms. The molecule has 0 unspecified atom stereocenters. The maximum atomic E-state index is 13.5. The van der Waals surface area contributed by atoms with Gasteiger partial charge in [0.25, 0.3) is 10.0 Å². The van der Waals surface area contributed by atoms with Crippen molar-refractivity contribution in [1.82, 2.24) is 15.0 Å². The van der Waals surface area contributed by atoms with Crippen LogP contribution in [-0.4, -0.2) is 23.4 Å². The molecule has 0 radical (unpaired) electrons. The van der Waals surface area contributed by atoms with Crippen molar-refractivity contribution >= 4 is 15.7 Å². The number of nitrogens with one attached hydrogen (secondary N) is 1. The van der Waals surface area contributed by atoms with Crippen LogP contribution in [0.25, 0.3) is 34.0 Å². The van der Waals surface area contributed by atoms with Crippen molar-refractivity contribution in [2.45, 2.75) is 11.9 Å². The van der Waals surface area contributed by atoms with Crippen molar-refractivity contribution in [3.8, 4) is 34.0 Å². The van der Waals surface area contributed by atoms with Gasteiger partial charge in [-0.05, 0) is 37.3 Å². The molecule has 0 fully saturated rings. The first-order chi connectivity index (χ1) is 16.5. The molecule has 1 N–H and O–H groups in total. The standard InChI is InChI=1S/C26H20N4O3S/c1-18-27-16-15-23(28-18)21-13-8-14-22(17-21)30-34(31,32)26-24(19-9-4-2-5-10-19)33-25(29-26)20-11-6-3-7-12-20/h2-17,30H,1H3. The van der Waals surface area contributed by atoms with Crippen molar-refractivity contribution in [1.29, 1.82) is 0 Å². The molecular weight excluding hydrogens is 448 g/mol. The van der Waals surface area contributed by atoms with Crippen LogP contribution in [0.3, 0.4) is 0 Å². The first-order valence-corrected chi connectivity index (χ1v) is 12.0. The highest BCUT2D eigenvalue weighted by molar-refractivity contribution is 7.92. The molecule has 0 amide bonds. The summed E-state index contributed by atoms with van der Waals surface area (Å²) in [7, 11) is -4.07. The molecule has 2 heterocycles. The summed E-state index contributed by atoms with van der Waals surface area (Å²) >= 11 is 0.